The molecule has 98 valence electrons. The Bertz CT molecular complexity index is 377. The Morgan fingerprint density at radius 3 is 2.61 bits per heavy atom. The molecule has 1 heteroatoms. The van der Waals surface area contributed by atoms with Gasteiger partial charge in [-0.1, -0.05) is 48.9 Å². The summed E-state index contributed by atoms with van der Waals surface area (Å²) >= 11 is 0. The van der Waals surface area contributed by atoms with Gasteiger partial charge in [-0.25, -0.2) is 0 Å². The van der Waals surface area contributed by atoms with E-state index < -0.39 is 0 Å². The largest absolute Gasteiger partial charge is 0.310 e. The molecule has 1 aliphatic carbocycles. The third-order valence-electron chi connectivity index (χ3n) is 3.92. The molecule has 1 nitrogen and oxygen atoms in total. The van der Waals surface area contributed by atoms with E-state index in [1.54, 1.807) is 0 Å². The van der Waals surface area contributed by atoms with Gasteiger partial charge in [-0.2, -0.15) is 0 Å². The zero-order valence-electron chi connectivity index (χ0n) is 11.7. The highest BCUT2D eigenvalue weighted by atomic mass is 14.9. The summed E-state index contributed by atoms with van der Waals surface area (Å²) in [6.07, 6.45) is 9.65. The normalized spacial score (nSPS) is 20.9. The number of hydrogen-bond donors (Lipinski definition) is 1. The zero-order valence-corrected chi connectivity index (χ0v) is 11.7. The highest BCUT2D eigenvalue weighted by Crippen LogP contribution is 2.21. The van der Waals surface area contributed by atoms with Gasteiger partial charge in [0.05, 0.1) is 0 Å². The van der Waals surface area contributed by atoms with Crippen LogP contribution >= 0.6 is 0 Å². The predicted molar refractivity (Wildman–Crippen MR) is 78.7 cm³/mol. The molecule has 0 aromatic heterocycles. The van der Waals surface area contributed by atoms with Crippen LogP contribution in [-0.4, -0.2) is 6.54 Å². The fraction of sp³-hybridized carbons (Fsp3) is 0.529. The second kappa shape index (κ2) is 6.75. The van der Waals surface area contributed by atoms with Crippen LogP contribution in [0.25, 0.3) is 0 Å². The lowest BCUT2D eigenvalue weighted by Gasteiger charge is -2.23. The van der Waals surface area contributed by atoms with Crippen LogP contribution in [0.5, 0.6) is 0 Å². The van der Waals surface area contributed by atoms with Crippen LogP contribution in [0.3, 0.4) is 0 Å². The summed E-state index contributed by atoms with van der Waals surface area (Å²) in [6.45, 7) is 5.56. The summed E-state index contributed by atoms with van der Waals surface area (Å²) in [5.74, 6) is 0.828. The van der Waals surface area contributed by atoms with Gasteiger partial charge in [-0.05, 0) is 50.6 Å². The van der Waals surface area contributed by atoms with Crippen molar-refractivity contribution in [2.45, 2.75) is 45.6 Å². The summed E-state index contributed by atoms with van der Waals surface area (Å²) in [6, 6.07) is 9.46. The van der Waals surface area contributed by atoms with Crippen molar-refractivity contribution >= 4 is 0 Å². The zero-order chi connectivity index (χ0) is 12.8. The molecule has 2 unspecified atom stereocenters. The Kier molecular flexibility index (Phi) is 5.00. The van der Waals surface area contributed by atoms with Gasteiger partial charge >= 0.3 is 0 Å². The maximum atomic E-state index is 3.74. The number of benzene rings is 1. The minimum absolute atomic E-state index is 0.511. The summed E-state index contributed by atoms with van der Waals surface area (Å²) < 4.78 is 0. The second-order valence-corrected chi connectivity index (χ2v) is 5.43. The summed E-state index contributed by atoms with van der Waals surface area (Å²) in [5.41, 5.74) is 2.76. The van der Waals surface area contributed by atoms with Crippen molar-refractivity contribution in [3.05, 3.63) is 47.5 Å². The van der Waals surface area contributed by atoms with E-state index in [1.807, 2.05) is 0 Å². The smallest absolute Gasteiger partial charge is 0.0317 e. The quantitative estimate of drug-likeness (QED) is 0.756. The van der Waals surface area contributed by atoms with E-state index in [9.17, 15) is 0 Å². The van der Waals surface area contributed by atoms with Crippen LogP contribution in [0, 0.1) is 12.8 Å². The van der Waals surface area contributed by atoms with Crippen LogP contribution in [0.4, 0.5) is 0 Å². The molecule has 1 aromatic rings. The van der Waals surface area contributed by atoms with Gasteiger partial charge in [0.2, 0.25) is 0 Å². The molecule has 18 heavy (non-hydrogen) atoms. The summed E-state index contributed by atoms with van der Waals surface area (Å²) in [7, 11) is 0. The van der Waals surface area contributed by atoms with Gasteiger partial charge in [0.1, 0.15) is 0 Å². The molecule has 0 aliphatic heterocycles. The maximum absolute atomic E-state index is 3.74. The molecule has 0 spiro atoms. The SMILES string of the molecule is CCC(NCC1CC=CCC1)c1ccc(C)cc1. The first kappa shape index (κ1) is 13.4. The van der Waals surface area contributed by atoms with Crippen LogP contribution in [0.2, 0.25) is 0 Å². The topological polar surface area (TPSA) is 12.0 Å². The molecular weight excluding hydrogens is 218 g/mol. The third kappa shape index (κ3) is 3.71. The Hall–Kier alpha value is -1.08. The van der Waals surface area contributed by atoms with Crippen molar-refractivity contribution in [2.24, 2.45) is 5.92 Å². The summed E-state index contributed by atoms with van der Waals surface area (Å²) in [5, 5.41) is 3.74. The fourth-order valence-corrected chi connectivity index (χ4v) is 2.65. The van der Waals surface area contributed by atoms with E-state index in [2.05, 4.69) is 55.6 Å². The average molecular weight is 243 g/mol. The number of hydrogen-bond acceptors (Lipinski definition) is 1. The van der Waals surface area contributed by atoms with Crippen molar-refractivity contribution in [1.82, 2.24) is 5.32 Å². The van der Waals surface area contributed by atoms with E-state index in [1.165, 1.54) is 30.4 Å². The fourth-order valence-electron chi connectivity index (χ4n) is 2.65. The van der Waals surface area contributed by atoms with E-state index in [4.69, 9.17) is 0 Å². The van der Waals surface area contributed by atoms with Crippen molar-refractivity contribution < 1.29 is 0 Å². The van der Waals surface area contributed by atoms with Crippen molar-refractivity contribution in [1.29, 1.82) is 0 Å². The highest BCUT2D eigenvalue weighted by molar-refractivity contribution is 5.24. The standard InChI is InChI=1S/C17H25N/c1-3-17(16-11-9-14(2)10-12-16)18-13-15-7-5-4-6-8-15/h4-5,9-12,15,17-18H,3,6-8,13H2,1-2H3. The Labute approximate surface area is 111 Å². The lowest BCUT2D eigenvalue weighted by Crippen LogP contribution is -2.27. The van der Waals surface area contributed by atoms with Crippen molar-refractivity contribution in [2.75, 3.05) is 6.54 Å². The van der Waals surface area contributed by atoms with Crippen LogP contribution in [-0.2, 0) is 0 Å². The predicted octanol–water partition coefficient (Wildman–Crippen LogP) is 4.39. The van der Waals surface area contributed by atoms with Gasteiger partial charge in [0.15, 0.2) is 0 Å². The molecule has 0 saturated heterocycles. The lowest BCUT2D eigenvalue weighted by molar-refractivity contribution is 0.401. The monoisotopic (exact) mass is 243 g/mol. The van der Waals surface area contributed by atoms with Gasteiger partial charge in [0.25, 0.3) is 0 Å². The van der Waals surface area contributed by atoms with Gasteiger partial charge in [-0.15, -0.1) is 0 Å². The molecule has 0 bridgehead atoms. The third-order valence-corrected chi connectivity index (χ3v) is 3.92. The number of rotatable bonds is 5. The van der Waals surface area contributed by atoms with E-state index in [0.717, 1.165) is 18.9 Å². The first-order chi connectivity index (χ1) is 8.79. The van der Waals surface area contributed by atoms with Crippen molar-refractivity contribution in [3.8, 4) is 0 Å². The molecule has 1 aromatic carbocycles. The minimum atomic E-state index is 0.511. The van der Waals surface area contributed by atoms with Gasteiger partial charge in [0, 0.05) is 6.04 Å². The Morgan fingerprint density at radius 2 is 2.00 bits per heavy atom. The van der Waals surface area contributed by atoms with Crippen LogP contribution in [0.15, 0.2) is 36.4 Å². The molecule has 0 heterocycles. The first-order valence-electron chi connectivity index (χ1n) is 7.24. The van der Waals surface area contributed by atoms with E-state index in [0.29, 0.717) is 6.04 Å². The molecule has 1 aliphatic rings. The maximum Gasteiger partial charge on any atom is 0.0317 e. The minimum Gasteiger partial charge on any atom is -0.310 e. The summed E-state index contributed by atoms with van der Waals surface area (Å²) in [4.78, 5) is 0. The van der Waals surface area contributed by atoms with Crippen LogP contribution < -0.4 is 5.32 Å². The second-order valence-electron chi connectivity index (χ2n) is 5.43. The Morgan fingerprint density at radius 1 is 1.22 bits per heavy atom. The lowest BCUT2D eigenvalue weighted by atomic mass is 9.93. The molecule has 0 radical (unpaired) electrons. The van der Waals surface area contributed by atoms with Crippen LogP contribution in [0.1, 0.15) is 49.8 Å². The average Bonchev–Trinajstić information content (AvgIpc) is 2.42. The molecule has 0 amide bonds. The first-order valence-corrected chi connectivity index (χ1v) is 7.24. The number of nitrogens with one attached hydrogen (secondary N) is 1. The molecule has 0 fully saturated rings. The van der Waals surface area contributed by atoms with Gasteiger partial charge in [-0.3, -0.25) is 0 Å². The highest BCUT2D eigenvalue weighted by Gasteiger charge is 2.13. The number of allylic oxidation sites excluding steroid dienone is 2. The molecular formula is C17H25N. The van der Waals surface area contributed by atoms with E-state index >= 15 is 0 Å². The molecule has 2 atom stereocenters. The van der Waals surface area contributed by atoms with Gasteiger partial charge < -0.3 is 5.32 Å². The molecule has 2 rings (SSSR count). The van der Waals surface area contributed by atoms with E-state index in [-0.39, 0.29) is 0 Å². The molecule has 1 N–H and O–H groups in total. The number of aryl methyl sites for hydroxylation is 1. The molecule has 0 saturated carbocycles. The Balaban J connectivity index is 1.88. The van der Waals surface area contributed by atoms with Crippen molar-refractivity contribution in [3.63, 3.8) is 0 Å².